The topological polar surface area (TPSA) is 86.8 Å². The lowest BCUT2D eigenvalue weighted by atomic mass is 10.00. The standard InChI is InChI=1S/C32H39Cl2N3O4S/c1-23-27(34)16-10-17-28(23)37(42(5,40)41)19-11-18-30(38)36(22-25-14-9-15-26(33)20-25)29(31(39)35-32(2,3)4)21-24-12-7-6-8-13-24/h6-10,12-17,20,29H,11,18-19,21-22H2,1-5H3,(H,35,39)/t29-/m0/s1. The predicted octanol–water partition coefficient (Wildman–Crippen LogP) is 6.40. The number of hydrogen-bond donors (Lipinski definition) is 1. The van der Waals surface area contributed by atoms with Gasteiger partial charge in [0.15, 0.2) is 0 Å². The molecule has 0 saturated carbocycles. The molecule has 3 aromatic carbocycles. The first kappa shape index (κ1) is 33.4. The third-order valence-corrected chi connectivity index (χ3v) is 8.50. The summed E-state index contributed by atoms with van der Waals surface area (Å²) in [6, 6.07) is 21.0. The summed E-state index contributed by atoms with van der Waals surface area (Å²) in [4.78, 5) is 29.2. The Morgan fingerprint density at radius 2 is 1.57 bits per heavy atom. The van der Waals surface area contributed by atoms with Crippen LogP contribution >= 0.6 is 23.2 Å². The van der Waals surface area contributed by atoms with E-state index in [2.05, 4.69) is 5.32 Å². The lowest BCUT2D eigenvalue weighted by molar-refractivity contribution is -0.142. The molecular formula is C32H39Cl2N3O4S. The molecule has 3 aromatic rings. The van der Waals surface area contributed by atoms with E-state index in [0.717, 1.165) is 17.4 Å². The molecule has 0 aliphatic carbocycles. The summed E-state index contributed by atoms with van der Waals surface area (Å²) < 4.78 is 26.7. The van der Waals surface area contributed by atoms with Gasteiger partial charge in [0.1, 0.15) is 6.04 Å². The molecule has 7 nitrogen and oxygen atoms in total. The maximum absolute atomic E-state index is 13.9. The van der Waals surface area contributed by atoms with Crippen LogP contribution in [0.25, 0.3) is 0 Å². The maximum atomic E-state index is 13.9. The largest absolute Gasteiger partial charge is 0.350 e. The molecule has 0 fully saturated rings. The second-order valence-electron chi connectivity index (χ2n) is 11.4. The number of hydrogen-bond acceptors (Lipinski definition) is 4. The highest BCUT2D eigenvalue weighted by molar-refractivity contribution is 7.92. The Kier molecular flexibility index (Phi) is 11.5. The number of anilines is 1. The van der Waals surface area contributed by atoms with Gasteiger partial charge in [0.2, 0.25) is 21.8 Å². The minimum absolute atomic E-state index is 0.0281. The number of nitrogens with zero attached hydrogens (tertiary/aromatic N) is 2. The fourth-order valence-corrected chi connectivity index (χ4v) is 6.09. The SMILES string of the molecule is Cc1c(Cl)cccc1N(CCCC(=O)N(Cc1cccc(Cl)c1)[C@@H](Cc1ccccc1)C(=O)NC(C)(C)C)S(C)(=O)=O. The fraction of sp³-hybridized carbons (Fsp3) is 0.375. The normalized spacial score (nSPS) is 12.5. The zero-order chi connectivity index (χ0) is 31.1. The Morgan fingerprint density at radius 1 is 0.929 bits per heavy atom. The number of amides is 2. The van der Waals surface area contributed by atoms with Gasteiger partial charge in [-0.25, -0.2) is 8.42 Å². The van der Waals surface area contributed by atoms with Crippen molar-refractivity contribution >= 4 is 50.7 Å². The number of sulfonamides is 1. The molecule has 0 heterocycles. The Balaban J connectivity index is 1.92. The van der Waals surface area contributed by atoms with Gasteiger partial charge in [-0.3, -0.25) is 13.9 Å². The lowest BCUT2D eigenvalue weighted by Gasteiger charge is -2.34. The van der Waals surface area contributed by atoms with Crippen LogP contribution in [0.2, 0.25) is 10.0 Å². The zero-order valence-corrected chi connectivity index (χ0v) is 27.1. The third-order valence-electron chi connectivity index (χ3n) is 6.67. The van der Waals surface area contributed by atoms with Crippen LogP contribution in [0.4, 0.5) is 5.69 Å². The highest BCUT2D eigenvalue weighted by Gasteiger charge is 2.32. The molecule has 0 bridgehead atoms. The fourth-order valence-electron chi connectivity index (χ4n) is 4.69. The number of carbonyl (C=O) groups is 2. The van der Waals surface area contributed by atoms with E-state index in [-0.39, 0.29) is 37.7 Å². The van der Waals surface area contributed by atoms with E-state index in [1.54, 1.807) is 48.2 Å². The Hall–Kier alpha value is -3.07. The second kappa shape index (κ2) is 14.4. The maximum Gasteiger partial charge on any atom is 0.243 e. The van der Waals surface area contributed by atoms with Crippen molar-refractivity contribution in [3.63, 3.8) is 0 Å². The van der Waals surface area contributed by atoms with Crippen LogP contribution in [-0.2, 0) is 32.6 Å². The monoisotopic (exact) mass is 631 g/mol. The molecule has 2 amide bonds. The summed E-state index contributed by atoms with van der Waals surface area (Å²) in [5, 5.41) is 4.02. The summed E-state index contributed by atoms with van der Waals surface area (Å²) in [5.41, 5.74) is 2.29. The second-order valence-corrected chi connectivity index (χ2v) is 14.2. The van der Waals surface area contributed by atoms with Crippen LogP contribution in [0.1, 0.15) is 50.3 Å². The number of carbonyl (C=O) groups excluding carboxylic acids is 2. The van der Waals surface area contributed by atoms with Gasteiger partial charge >= 0.3 is 0 Å². The molecular weight excluding hydrogens is 593 g/mol. The molecule has 0 aliphatic rings. The van der Waals surface area contributed by atoms with Crippen LogP contribution < -0.4 is 9.62 Å². The molecule has 226 valence electrons. The van der Waals surface area contributed by atoms with Gasteiger partial charge in [-0.15, -0.1) is 0 Å². The van der Waals surface area contributed by atoms with Gasteiger partial charge in [-0.1, -0.05) is 71.7 Å². The lowest BCUT2D eigenvalue weighted by Crippen LogP contribution is -2.54. The molecule has 10 heteroatoms. The summed E-state index contributed by atoms with van der Waals surface area (Å²) in [5.74, 6) is -0.537. The number of benzene rings is 3. The van der Waals surface area contributed by atoms with E-state index in [1.807, 2.05) is 57.2 Å². The van der Waals surface area contributed by atoms with E-state index < -0.39 is 21.6 Å². The first-order valence-electron chi connectivity index (χ1n) is 13.8. The third kappa shape index (κ3) is 9.75. The van der Waals surface area contributed by atoms with Gasteiger partial charge in [0, 0.05) is 41.5 Å². The number of halogens is 2. The number of nitrogens with one attached hydrogen (secondary N) is 1. The quantitative estimate of drug-likeness (QED) is 0.250. The Morgan fingerprint density at radius 3 is 2.19 bits per heavy atom. The summed E-state index contributed by atoms with van der Waals surface area (Å²) >= 11 is 12.5. The molecule has 0 radical (unpaired) electrons. The van der Waals surface area contributed by atoms with E-state index >= 15 is 0 Å². The van der Waals surface area contributed by atoms with E-state index in [1.165, 1.54) is 4.31 Å². The minimum atomic E-state index is -3.65. The summed E-state index contributed by atoms with van der Waals surface area (Å²) in [6.45, 7) is 7.68. The average molecular weight is 633 g/mol. The van der Waals surface area contributed by atoms with Crippen molar-refractivity contribution in [1.29, 1.82) is 0 Å². The Labute approximate surface area is 259 Å². The van der Waals surface area contributed by atoms with Crippen molar-refractivity contribution in [1.82, 2.24) is 10.2 Å². The van der Waals surface area contributed by atoms with Gasteiger partial charge in [-0.05, 0) is 75.1 Å². The first-order chi connectivity index (χ1) is 19.7. The zero-order valence-electron chi connectivity index (χ0n) is 24.7. The van der Waals surface area contributed by atoms with Crippen LogP contribution in [-0.4, -0.2) is 49.5 Å². The average Bonchev–Trinajstić information content (AvgIpc) is 2.89. The summed E-state index contributed by atoms with van der Waals surface area (Å²) in [7, 11) is -3.65. The first-order valence-corrected chi connectivity index (χ1v) is 16.4. The smallest absolute Gasteiger partial charge is 0.243 e. The Bertz CT molecular complexity index is 1490. The van der Waals surface area contributed by atoms with E-state index in [0.29, 0.717) is 27.7 Å². The van der Waals surface area contributed by atoms with Crippen LogP contribution in [0.15, 0.2) is 72.8 Å². The predicted molar refractivity (Wildman–Crippen MR) is 171 cm³/mol. The van der Waals surface area contributed by atoms with Gasteiger partial charge in [0.25, 0.3) is 0 Å². The molecule has 0 spiro atoms. The van der Waals surface area contributed by atoms with Crippen LogP contribution in [0.5, 0.6) is 0 Å². The van der Waals surface area contributed by atoms with E-state index in [4.69, 9.17) is 23.2 Å². The molecule has 1 N–H and O–H groups in total. The molecule has 0 saturated heterocycles. The van der Waals surface area contributed by atoms with Gasteiger partial charge < -0.3 is 10.2 Å². The van der Waals surface area contributed by atoms with Crippen molar-refractivity contribution in [2.45, 2.75) is 65.1 Å². The molecule has 0 unspecified atom stereocenters. The van der Waals surface area contributed by atoms with Crippen LogP contribution in [0, 0.1) is 6.92 Å². The van der Waals surface area contributed by atoms with Gasteiger partial charge in [-0.2, -0.15) is 0 Å². The molecule has 42 heavy (non-hydrogen) atoms. The van der Waals surface area contributed by atoms with Crippen molar-refractivity contribution < 1.29 is 18.0 Å². The van der Waals surface area contributed by atoms with Crippen molar-refractivity contribution in [3.8, 4) is 0 Å². The number of rotatable bonds is 12. The molecule has 1 atom stereocenters. The van der Waals surface area contributed by atoms with E-state index in [9.17, 15) is 18.0 Å². The molecule has 3 rings (SSSR count). The highest BCUT2D eigenvalue weighted by Crippen LogP contribution is 2.29. The summed E-state index contributed by atoms with van der Waals surface area (Å²) in [6.07, 6.45) is 1.71. The minimum Gasteiger partial charge on any atom is -0.350 e. The van der Waals surface area contributed by atoms with Crippen molar-refractivity contribution in [2.24, 2.45) is 0 Å². The molecule has 0 aliphatic heterocycles. The molecule has 0 aromatic heterocycles. The van der Waals surface area contributed by atoms with Gasteiger partial charge in [0.05, 0.1) is 11.9 Å². The highest BCUT2D eigenvalue weighted by atomic mass is 35.5. The van der Waals surface area contributed by atoms with Crippen molar-refractivity contribution in [2.75, 3.05) is 17.1 Å². The van der Waals surface area contributed by atoms with Crippen LogP contribution in [0.3, 0.4) is 0 Å². The van der Waals surface area contributed by atoms with Crippen molar-refractivity contribution in [3.05, 3.63) is 99.5 Å².